The lowest BCUT2D eigenvalue weighted by Crippen LogP contribution is -2.45. The van der Waals surface area contributed by atoms with Crippen LogP contribution < -0.4 is 10.1 Å². The summed E-state index contributed by atoms with van der Waals surface area (Å²) < 4.78 is 10.5. The van der Waals surface area contributed by atoms with Crippen LogP contribution in [-0.2, 0) is 16.1 Å². The molecule has 0 unspecified atom stereocenters. The molecule has 0 radical (unpaired) electrons. The van der Waals surface area contributed by atoms with Gasteiger partial charge in [0.25, 0.3) is 5.91 Å². The molecule has 0 heterocycles. The molecule has 0 saturated carbocycles. The largest absolute Gasteiger partial charge is 0.497 e. The number of hydrogen-bond donors (Lipinski definition) is 1. The van der Waals surface area contributed by atoms with Gasteiger partial charge in [-0.25, -0.2) is 4.79 Å². The van der Waals surface area contributed by atoms with Crippen LogP contribution >= 0.6 is 11.8 Å². The highest BCUT2D eigenvalue weighted by atomic mass is 32.2. The third-order valence-corrected chi connectivity index (χ3v) is 4.84. The van der Waals surface area contributed by atoms with E-state index in [0.29, 0.717) is 11.3 Å². The number of carbonyl (C=O) groups excluding carboxylic acids is 2. The Morgan fingerprint density at radius 1 is 1.04 bits per heavy atom. The van der Waals surface area contributed by atoms with Crippen molar-refractivity contribution >= 4 is 23.6 Å². The zero-order valence-electron chi connectivity index (χ0n) is 16.0. The number of rotatable bonds is 8. The summed E-state index contributed by atoms with van der Waals surface area (Å²) in [6, 6.07) is 13.8. The quantitative estimate of drug-likeness (QED) is 0.549. The fourth-order valence-electron chi connectivity index (χ4n) is 2.43. The normalized spacial score (nSPS) is 11.7. The summed E-state index contributed by atoms with van der Waals surface area (Å²) >= 11 is 1.65. The monoisotopic (exact) mass is 387 g/mol. The van der Waals surface area contributed by atoms with Gasteiger partial charge in [0.2, 0.25) is 0 Å². The summed E-state index contributed by atoms with van der Waals surface area (Å²) in [6.45, 7) is 3.91. The number of nitrogens with one attached hydrogen (secondary N) is 1. The summed E-state index contributed by atoms with van der Waals surface area (Å²) in [4.78, 5) is 26.1. The predicted molar refractivity (Wildman–Crippen MR) is 107 cm³/mol. The van der Waals surface area contributed by atoms with Crippen molar-refractivity contribution < 1.29 is 19.1 Å². The van der Waals surface area contributed by atoms with Crippen LogP contribution in [0.4, 0.5) is 0 Å². The highest BCUT2D eigenvalue weighted by Crippen LogP contribution is 2.16. The van der Waals surface area contributed by atoms with Crippen LogP contribution in [0.1, 0.15) is 29.8 Å². The Bertz CT molecular complexity index is 757. The molecule has 0 saturated heterocycles. The van der Waals surface area contributed by atoms with E-state index < -0.39 is 12.0 Å². The van der Waals surface area contributed by atoms with Gasteiger partial charge in [0.15, 0.2) is 0 Å². The van der Waals surface area contributed by atoms with E-state index in [9.17, 15) is 9.59 Å². The summed E-state index contributed by atoms with van der Waals surface area (Å²) in [6.07, 6.45) is 2.01. The minimum atomic E-state index is -0.718. The van der Waals surface area contributed by atoms with Crippen LogP contribution in [0.2, 0.25) is 0 Å². The van der Waals surface area contributed by atoms with Crippen LogP contribution in [-0.4, -0.2) is 31.3 Å². The first-order valence-electron chi connectivity index (χ1n) is 8.69. The zero-order valence-corrected chi connectivity index (χ0v) is 16.8. The number of esters is 1. The van der Waals surface area contributed by atoms with Gasteiger partial charge in [-0.15, -0.1) is 11.8 Å². The molecule has 2 rings (SSSR count). The highest BCUT2D eigenvalue weighted by molar-refractivity contribution is 7.98. The molecule has 1 amide bonds. The number of benzene rings is 2. The Hall–Kier alpha value is -2.47. The first-order chi connectivity index (χ1) is 12.9. The molecule has 0 aliphatic carbocycles. The van der Waals surface area contributed by atoms with Gasteiger partial charge in [-0.05, 0) is 54.1 Å². The molecule has 0 aliphatic heterocycles. The van der Waals surface area contributed by atoms with Crippen LogP contribution in [0, 0.1) is 5.92 Å². The van der Waals surface area contributed by atoms with Gasteiger partial charge in [-0.2, -0.15) is 0 Å². The predicted octanol–water partition coefficient (Wildman–Crippen LogP) is 3.91. The van der Waals surface area contributed by atoms with Crippen LogP contribution in [0.5, 0.6) is 5.75 Å². The number of amides is 1. The second-order valence-corrected chi connectivity index (χ2v) is 7.26. The van der Waals surface area contributed by atoms with E-state index in [1.165, 1.54) is 0 Å². The van der Waals surface area contributed by atoms with Crippen LogP contribution in [0.15, 0.2) is 53.4 Å². The Morgan fingerprint density at radius 3 is 2.19 bits per heavy atom. The van der Waals surface area contributed by atoms with Gasteiger partial charge >= 0.3 is 5.97 Å². The lowest BCUT2D eigenvalue weighted by molar-refractivity contribution is -0.148. The number of hydrogen-bond acceptors (Lipinski definition) is 5. The Labute approximate surface area is 164 Å². The van der Waals surface area contributed by atoms with Gasteiger partial charge in [0.05, 0.1) is 7.11 Å². The second kappa shape index (κ2) is 10.0. The van der Waals surface area contributed by atoms with E-state index in [-0.39, 0.29) is 18.4 Å². The Balaban J connectivity index is 1.97. The average molecular weight is 388 g/mol. The van der Waals surface area contributed by atoms with Gasteiger partial charge in [-0.1, -0.05) is 26.0 Å². The van der Waals surface area contributed by atoms with Gasteiger partial charge in [0, 0.05) is 10.5 Å². The van der Waals surface area contributed by atoms with E-state index >= 15 is 0 Å². The van der Waals surface area contributed by atoms with Crippen LogP contribution in [0.3, 0.4) is 0 Å². The SMILES string of the molecule is COc1ccc(C(=O)N[C@H](C(=O)OCc2ccc(SC)cc2)C(C)C)cc1. The van der Waals surface area contributed by atoms with Crippen LogP contribution in [0.25, 0.3) is 0 Å². The zero-order chi connectivity index (χ0) is 19.8. The lowest BCUT2D eigenvalue weighted by atomic mass is 10.0. The molecule has 0 spiro atoms. The molecule has 0 aliphatic rings. The van der Waals surface area contributed by atoms with Crippen molar-refractivity contribution in [1.29, 1.82) is 0 Å². The van der Waals surface area contributed by atoms with Crippen molar-refractivity contribution in [2.24, 2.45) is 5.92 Å². The van der Waals surface area contributed by atoms with Gasteiger partial charge < -0.3 is 14.8 Å². The first kappa shape index (κ1) is 20.8. The van der Waals surface area contributed by atoms with Gasteiger partial charge in [-0.3, -0.25) is 4.79 Å². The molecule has 5 nitrogen and oxygen atoms in total. The summed E-state index contributed by atoms with van der Waals surface area (Å²) in [5.41, 5.74) is 1.37. The standard InChI is InChI=1S/C21H25NO4S/c1-14(2)19(22-20(23)16-7-9-17(25-3)10-8-16)21(24)26-13-15-5-11-18(27-4)12-6-15/h5-12,14,19H,13H2,1-4H3,(H,22,23)/t19-/m0/s1. The molecule has 0 bridgehead atoms. The first-order valence-corrected chi connectivity index (χ1v) is 9.91. The molecule has 0 aromatic heterocycles. The number of thioether (sulfide) groups is 1. The molecule has 144 valence electrons. The van der Waals surface area contributed by atoms with E-state index in [0.717, 1.165) is 10.5 Å². The minimum Gasteiger partial charge on any atom is -0.497 e. The molecule has 2 aromatic carbocycles. The third kappa shape index (κ3) is 6.03. The lowest BCUT2D eigenvalue weighted by Gasteiger charge is -2.21. The molecule has 2 aromatic rings. The van der Waals surface area contributed by atoms with E-state index in [2.05, 4.69) is 5.32 Å². The maximum Gasteiger partial charge on any atom is 0.329 e. The van der Waals surface area contributed by atoms with E-state index in [1.54, 1.807) is 43.1 Å². The maximum absolute atomic E-state index is 12.5. The van der Waals surface area contributed by atoms with Crippen molar-refractivity contribution in [2.45, 2.75) is 31.4 Å². The third-order valence-electron chi connectivity index (χ3n) is 4.10. The summed E-state index contributed by atoms with van der Waals surface area (Å²) in [5.74, 6) is -0.198. The molecule has 6 heteroatoms. The maximum atomic E-state index is 12.5. The summed E-state index contributed by atoms with van der Waals surface area (Å²) in [7, 11) is 1.56. The molecule has 1 N–H and O–H groups in total. The fourth-order valence-corrected chi connectivity index (χ4v) is 2.84. The Kier molecular flexibility index (Phi) is 7.73. The molecule has 27 heavy (non-hydrogen) atoms. The number of carbonyl (C=O) groups is 2. The van der Waals surface area contributed by atoms with Crippen molar-refractivity contribution in [3.05, 3.63) is 59.7 Å². The number of ether oxygens (including phenoxy) is 2. The van der Waals surface area contributed by atoms with Gasteiger partial charge in [0.1, 0.15) is 18.4 Å². The molecule has 0 fully saturated rings. The molecular weight excluding hydrogens is 362 g/mol. The van der Waals surface area contributed by atoms with E-state index in [1.807, 2.05) is 44.4 Å². The van der Waals surface area contributed by atoms with Crippen molar-refractivity contribution in [1.82, 2.24) is 5.32 Å². The second-order valence-electron chi connectivity index (χ2n) is 6.38. The Morgan fingerprint density at radius 2 is 1.67 bits per heavy atom. The average Bonchev–Trinajstić information content (AvgIpc) is 2.70. The number of methoxy groups -OCH3 is 1. The molecular formula is C21H25NO4S. The van der Waals surface area contributed by atoms with Crippen molar-refractivity contribution in [3.63, 3.8) is 0 Å². The highest BCUT2D eigenvalue weighted by Gasteiger charge is 2.26. The molecule has 1 atom stereocenters. The van der Waals surface area contributed by atoms with E-state index in [4.69, 9.17) is 9.47 Å². The summed E-state index contributed by atoms with van der Waals surface area (Å²) in [5, 5.41) is 2.77. The smallest absolute Gasteiger partial charge is 0.329 e. The topological polar surface area (TPSA) is 64.6 Å². The fraction of sp³-hybridized carbons (Fsp3) is 0.333. The van der Waals surface area contributed by atoms with Crippen molar-refractivity contribution in [2.75, 3.05) is 13.4 Å². The minimum absolute atomic E-state index is 0.0986. The van der Waals surface area contributed by atoms with Crippen molar-refractivity contribution in [3.8, 4) is 5.75 Å².